The van der Waals surface area contributed by atoms with Gasteiger partial charge in [0.1, 0.15) is 5.69 Å². The molecule has 2 heterocycles. The number of carbonyl (C=O) groups excluding carboxylic acids is 2. The lowest BCUT2D eigenvalue weighted by Crippen LogP contribution is -2.43. The van der Waals surface area contributed by atoms with E-state index in [1.54, 1.807) is 30.3 Å². The quantitative estimate of drug-likeness (QED) is 0.703. The van der Waals surface area contributed by atoms with Crippen molar-refractivity contribution in [1.29, 1.82) is 0 Å². The smallest absolute Gasteiger partial charge is 0.357 e. The molecule has 7 nitrogen and oxygen atoms in total. The molecule has 0 saturated carbocycles. The lowest BCUT2D eigenvalue weighted by Gasteiger charge is -2.28. The number of pyridine rings is 1. The van der Waals surface area contributed by atoms with Gasteiger partial charge in [-0.05, 0) is 30.7 Å². The second kappa shape index (κ2) is 8.06. The van der Waals surface area contributed by atoms with Crippen molar-refractivity contribution in [3.05, 3.63) is 59.4 Å². The Labute approximate surface area is 161 Å². The highest BCUT2D eigenvalue weighted by atomic mass is 35.5. The maximum absolute atomic E-state index is 12.8. The zero-order chi connectivity index (χ0) is 19.4. The van der Waals surface area contributed by atoms with Crippen LogP contribution in [0.3, 0.4) is 0 Å². The van der Waals surface area contributed by atoms with E-state index in [1.807, 2.05) is 0 Å². The number of rotatable bonds is 5. The zero-order valence-electron chi connectivity index (χ0n) is 14.2. The number of carbonyl (C=O) groups is 2. The Morgan fingerprint density at radius 2 is 1.96 bits per heavy atom. The first-order valence-corrected chi connectivity index (χ1v) is 10.4. The van der Waals surface area contributed by atoms with E-state index in [9.17, 15) is 18.0 Å². The average molecular weight is 409 g/mol. The highest BCUT2D eigenvalue weighted by Crippen LogP contribution is 2.24. The first kappa shape index (κ1) is 19.3. The second-order valence-corrected chi connectivity index (χ2v) is 8.76. The molecule has 0 N–H and O–H groups in total. The van der Waals surface area contributed by atoms with Crippen LogP contribution in [0.25, 0.3) is 0 Å². The minimum absolute atomic E-state index is 0.00925. The number of benzene rings is 1. The van der Waals surface area contributed by atoms with E-state index in [4.69, 9.17) is 16.3 Å². The number of nitrogens with zero attached hydrogens (tertiary/aromatic N) is 2. The molecular weight excluding hydrogens is 392 g/mol. The van der Waals surface area contributed by atoms with Crippen molar-refractivity contribution in [3.8, 4) is 0 Å². The number of ether oxygens (including phenoxy) is 1. The standard InChI is InChI=1S/C18H17ClN2O5S/c19-13-6-8-20-16(10-13)18(23)26-11-17(22)21(14-4-2-1-3-5-14)15-7-9-27(24,25)12-15/h1-6,8,10,15H,7,9,11-12H2/t15-/m0/s1. The van der Waals surface area contributed by atoms with Crippen molar-refractivity contribution in [2.24, 2.45) is 0 Å². The molecule has 1 fully saturated rings. The van der Waals surface area contributed by atoms with E-state index in [-0.39, 0.29) is 17.2 Å². The van der Waals surface area contributed by atoms with Gasteiger partial charge in [-0.25, -0.2) is 18.2 Å². The van der Waals surface area contributed by atoms with Crippen LogP contribution < -0.4 is 4.90 Å². The normalized spacial score (nSPS) is 18.0. The molecule has 3 rings (SSSR count). The summed E-state index contributed by atoms with van der Waals surface area (Å²) in [6.45, 7) is -0.529. The van der Waals surface area contributed by atoms with Gasteiger partial charge in [-0.15, -0.1) is 0 Å². The summed E-state index contributed by atoms with van der Waals surface area (Å²) < 4.78 is 28.7. The molecule has 9 heteroatoms. The summed E-state index contributed by atoms with van der Waals surface area (Å²) in [6, 6.07) is 11.1. The maximum atomic E-state index is 12.8. The predicted molar refractivity (Wildman–Crippen MR) is 101 cm³/mol. The molecule has 1 aliphatic heterocycles. The van der Waals surface area contributed by atoms with Crippen molar-refractivity contribution in [1.82, 2.24) is 4.98 Å². The van der Waals surface area contributed by atoms with Crippen LogP contribution >= 0.6 is 11.6 Å². The lowest BCUT2D eigenvalue weighted by atomic mass is 10.2. The zero-order valence-corrected chi connectivity index (χ0v) is 15.8. The van der Waals surface area contributed by atoms with E-state index in [1.165, 1.54) is 23.2 Å². The fourth-order valence-corrected chi connectivity index (χ4v) is 4.77. The molecule has 1 saturated heterocycles. The lowest BCUT2D eigenvalue weighted by molar-refractivity contribution is -0.122. The minimum Gasteiger partial charge on any atom is -0.451 e. The topological polar surface area (TPSA) is 93.6 Å². The highest BCUT2D eigenvalue weighted by Gasteiger charge is 2.35. The number of aromatic nitrogens is 1. The summed E-state index contributed by atoms with van der Waals surface area (Å²) in [7, 11) is -3.19. The molecule has 1 amide bonds. The monoisotopic (exact) mass is 408 g/mol. The van der Waals surface area contributed by atoms with Crippen LogP contribution in [0.15, 0.2) is 48.7 Å². The summed E-state index contributed by atoms with van der Waals surface area (Å²) in [5, 5.41) is 0.324. The molecule has 0 spiro atoms. The summed E-state index contributed by atoms with van der Waals surface area (Å²) in [4.78, 5) is 30.1. The molecule has 1 aromatic carbocycles. The minimum atomic E-state index is -3.19. The van der Waals surface area contributed by atoms with Gasteiger partial charge >= 0.3 is 5.97 Å². The van der Waals surface area contributed by atoms with E-state index in [2.05, 4.69) is 4.98 Å². The van der Waals surface area contributed by atoms with E-state index >= 15 is 0 Å². The Bertz CT molecular complexity index is 949. The first-order chi connectivity index (χ1) is 12.9. The third-order valence-electron chi connectivity index (χ3n) is 4.13. The number of para-hydroxylation sites is 1. The summed E-state index contributed by atoms with van der Waals surface area (Å²) in [6.07, 6.45) is 1.70. The largest absolute Gasteiger partial charge is 0.451 e. The van der Waals surface area contributed by atoms with Crippen LogP contribution in [0, 0.1) is 0 Å². The number of halogens is 1. The fourth-order valence-electron chi connectivity index (χ4n) is 2.91. The van der Waals surface area contributed by atoms with Crippen molar-refractivity contribution in [2.75, 3.05) is 23.0 Å². The number of amides is 1. The number of anilines is 1. The Balaban J connectivity index is 1.74. The molecule has 1 aliphatic rings. The van der Waals surface area contributed by atoms with Crippen LogP contribution in [0.2, 0.25) is 5.02 Å². The van der Waals surface area contributed by atoms with Crippen molar-refractivity contribution in [2.45, 2.75) is 12.5 Å². The molecule has 0 unspecified atom stereocenters. The third kappa shape index (κ3) is 4.84. The number of sulfone groups is 1. The third-order valence-corrected chi connectivity index (χ3v) is 6.12. The van der Waals surface area contributed by atoms with Gasteiger partial charge in [-0.1, -0.05) is 29.8 Å². The molecule has 0 aliphatic carbocycles. The van der Waals surface area contributed by atoms with E-state index in [0.717, 1.165) is 0 Å². The number of hydrogen-bond donors (Lipinski definition) is 0. The molecular formula is C18H17ClN2O5S. The molecule has 2 aromatic rings. The van der Waals surface area contributed by atoms with Crippen molar-refractivity contribution in [3.63, 3.8) is 0 Å². The average Bonchev–Trinajstić information content (AvgIpc) is 3.00. The van der Waals surface area contributed by atoms with E-state index < -0.39 is 34.4 Å². The molecule has 27 heavy (non-hydrogen) atoms. The Hall–Kier alpha value is -2.45. The number of esters is 1. The Kier molecular flexibility index (Phi) is 5.76. The van der Waals surface area contributed by atoms with Gasteiger partial charge < -0.3 is 9.64 Å². The SMILES string of the molecule is O=C(OCC(=O)N(c1ccccc1)[C@H]1CCS(=O)(=O)C1)c1cc(Cl)ccn1. The summed E-state index contributed by atoms with van der Waals surface area (Å²) >= 11 is 5.82. The second-order valence-electron chi connectivity index (χ2n) is 6.09. The van der Waals surface area contributed by atoms with Crippen molar-refractivity contribution >= 4 is 39.0 Å². The maximum Gasteiger partial charge on any atom is 0.357 e. The van der Waals surface area contributed by atoms with Crippen molar-refractivity contribution < 1.29 is 22.7 Å². The van der Waals surface area contributed by atoms with Crippen LogP contribution in [-0.4, -0.2) is 49.4 Å². The molecule has 1 atom stereocenters. The highest BCUT2D eigenvalue weighted by molar-refractivity contribution is 7.91. The summed E-state index contributed by atoms with van der Waals surface area (Å²) in [5.41, 5.74) is 0.548. The van der Waals surface area contributed by atoms with Gasteiger partial charge in [0.15, 0.2) is 16.4 Å². The molecule has 0 radical (unpaired) electrons. The van der Waals surface area contributed by atoms with Crippen LogP contribution in [0.4, 0.5) is 5.69 Å². The Morgan fingerprint density at radius 1 is 1.22 bits per heavy atom. The Morgan fingerprint density at radius 3 is 2.59 bits per heavy atom. The molecule has 1 aromatic heterocycles. The molecule has 0 bridgehead atoms. The van der Waals surface area contributed by atoms with Gasteiger partial charge in [0.2, 0.25) is 0 Å². The predicted octanol–water partition coefficient (Wildman–Crippen LogP) is 2.11. The molecule has 142 valence electrons. The van der Waals surface area contributed by atoms with Gasteiger partial charge in [-0.3, -0.25) is 4.79 Å². The summed E-state index contributed by atoms with van der Waals surface area (Å²) in [5.74, 6) is -1.37. The van der Waals surface area contributed by atoms with Gasteiger partial charge in [-0.2, -0.15) is 0 Å². The van der Waals surface area contributed by atoms with E-state index in [0.29, 0.717) is 17.1 Å². The fraction of sp³-hybridized carbons (Fsp3) is 0.278. The first-order valence-electron chi connectivity index (χ1n) is 8.22. The number of hydrogen-bond acceptors (Lipinski definition) is 6. The van der Waals surface area contributed by atoms with Crippen LogP contribution in [-0.2, 0) is 19.4 Å². The van der Waals surface area contributed by atoms with Crippen LogP contribution in [0.5, 0.6) is 0 Å². The van der Waals surface area contributed by atoms with Crippen LogP contribution in [0.1, 0.15) is 16.9 Å². The van der Waals surface area contributed by atoms with Gasteiger partial charge in [0.25, 0.3) is 5.91 Å². The van der Waals surface area contributed by atoms with Gasteiger partial charge in [0, 0.05) is 16.9 Å². The van der Waals surface area contributed by atoms with Gasteiger partial charge in [0.05, 0.1) is 17.5 Å².